The molecule has 14 nitrogen and oxygen atoms in total. The Hall–Kier alpha value is -5.32. The Kier molecular flexibility index (Phi) is 13.8. The summed E-state index contributed by atoms with van der Waals surface area (Å²) in [4.78, 5) is 31.8. The Bertz CT molecular complexity index is 2130. The van der Waals surface area contributed by atoms with E-state index in [4.69, 9.17) is 23.9 Å². The number of carbonyl (C=O) groups is 2. The van der Waals surface area contributed by atoms with Crippen molar-refractivity contribution in [3.8, 4) is 17.2 Å². The SMILES string of the molecule is CNC(=O)n1ccc2cc(Oc3ccnc(NC(=O)c4ccc(C5CCN(CCO)CC5)cc4)c3)c(OCCOC)cc21.Cc1ccc(S(=O)(=O)O)cc1. The van der Waals surface area contributed by atoms with Crippen molar-refractivity contribution < 1.29 is 41.9 Å². The first-order valence-electron chi connectivity index (χ1n) is 17.4. The second-order valence-corrected chi connectivity index (χ2v) is 14.0. The number of aromatic nitrogens is 2. The fourth-order valence-electron chi connectivity index (χ4n) is 5.97. The van der Waals surface area contributed by atoms with Crippen LogP contribution < -0.4 is 20.1 Å². The van der Waals surface area contributed by atoms with Gasteiger partial charge in [-0.1, -0.05) is 29.8 Å². The molecule has 4 N–H and O–H groups in total. The van der Waals surface area contributed by atoms with E-state index in [1.54, 1.807) is 62.9 Å². The number of β-amino-alcohol motifs (C(OH)–C–C–N with tert-alkyl or cyclic N) is 1. The summed E-state index contributed by atoms with van der Waals surface area (Å²) in [6, 6.07) is 22.1. The van der Waals surface area contributed by atoms with Gasteiger partial charge in [0.2, 0.25) is 0 Å². The molecule has 15 heteroatoms. The molecule has 1 fully saturated rings. The van der Waals surface area contributed by atoms with E-state index in [1.165, 1.54) is 22.3 Å². The van der Waals surface area contributed by atoms with E-state index in [9.17, 15) is 18.0 Å². The third-order valence-corrected chi connectivity index (χ3v) is 9.77. The van der Waals surface area contributed by atoms with Crippen LogP contribution >= 0.6 is 0 Å². The molecule has 0 bridgehead atoms. The van der Waals surface area contributed by atoms with Crippen LogP contribution in [-0.4, -0.2) is 98.1 Å². The Labute approximate surface area is 314 Å². The van der Waals surface area contributed by atoms with Crippen molar-refractivity contribution in [2.24, 2.45) is 0 Å². The largest absolute Gasteiger partial charge is 0.487 e. The van der Waals surface area contributed by atoms with E-state index < -0.39 is 10.1 Å². The molecule has 6 rings (SSSR count). The quantitative estimate of drug-likeness (QED) is 0.0904. The molecule has 2 aromatic heterocycles. The van der Waals surface area contributed by atoms with Gasteiger partial charge >= 0.3 is 6.03 Å². The van der Waals surface area contributed by atoms with Gasteiger partial charge in [-0.2, -0.15) is 8.42 Å². The summed E-state index contributed by atoms with van der Waals surface area (Å²) in [6.07, 6.45) is 5.31. The van der Waals surface area contributed by atoms with Crippen LogP contribution in [0.3, 0.4) is 0 Å². The number of aliphatic hydroxyl groups excluding tert-OH is 1. The van der Waals surface area contributed by atoms with Gasteiger partial charge in [0, 0.05) is 56.2 Å². The van der Waals surface area contributed by atoms with Crippen LogP contribution in [0.5, 0.6) is 17.2 Å². The number of methoxy groups -OCH3 is 1. The standard InChI is InChI=1S/C32H37N5O6.C7H8O3S/c1-33-32(40)37-14-10-25-19-29(28(21-27(25)37)42-18-17-41-2)43-26-7-11-34-30(20-26)35-31(39)24-5-3-22(4-6-24)23-8-12-36(13-9-23)15-16-38;1-6-2-4-7(5-3-6)11(8,9)10/h3-7,10-11,14,19-21,23,38H,8-9,12-13,15-18H2,1-2H3,(H,33,40)(H,34,35,39);2-5H,1H3,(H,8,9,10). The van der Waals surface area contributed by atoms with Crippen LogP contribution in [0, 0.1) is 6.92 Å². The summed E-state index contributed by atoms with van der Waals surface area (Å²) in [7, 11) is -0.858. The van der Waals surface area contributed by atoms with Crippen molar-refractivity contribution >= 4 is 38.8 Å². The first kappa shape index (κ1) is 39.9. The average molecular weight is 760 g/mol. The number of piperidine rings is 1. The zero-order chi connectivity index (χ0) is 38.7. The van der Waals surface area contributed by atoms with Gasteiger partial charge < -0.3 is 34.9 Å². The predicted molar refractivity (Wildman–Crippen MR) is 204 cm³/mol. The summed E-state index contributed by atoms with van der Waals surface area (Å²) in [5, 5.41) is 15.4. The van der Waals surface area contributed by atoms with E-state index in [0.29, 0.717) is 53.3 Å². The molecule has 0 atom stereocenters. The Morgan fingerprint density at radius 2 is 1.67 bits per heavy atom. The lowest BCUT2D eigenvalue weighted by atomic mass is 9.89. The highest BCUT2D eigenvalue weighted by Gasteiger charge is 2.21. The van der Waals surface area contributed by atoms with Crippen LogP contribution in [0.4, 0.5) is 10.6 Å². The number of nitrogens with zero attached hydrogens (tertiary/aromatic N) is 3. The number of rotatable bonds is 12. The van der Waals surface area contributed by atoms with Crippen molar-refractivity contribution in [2.75, 3.05) is 58.9 Å². The molecule has 1 aliphatic rings. The van der Waals surface area contributed by atoms with E-state index >= 15 is 0 Å². The van der Waals surface area contributed by atoms with Crippen LogP contribution in [0.15, 0.2) is 96.2 Å². The Balaban J connectivity index is 0.000000438. The third kappa shape index (κ3) is 10.6. The number of aryl methyl sites for hydroxylation is 1. The van der Waals surface area contributed by atoms with Gasteiger partial charge in [-0.25, -0.2) is 9.78 Å². The third-order valence-electron chi connectivity index (χ3n) is 8.90. The first-order chi connectivity index (χ1) is 26.0. The lowest BCUT2D eigenvalue weighted by molar-refractivity contribution is 0.102. The van der Waals surface area contributed by atoms with Crippen molar-refractivity contribution in [3.63, 3.8) is 0 Å². The molecule has 0 aliphatic carbocycles. The molecule has 286 valence electrons. The van der Waals surface area contributed by atoms with Gasteiger partial charge in [0.15, 0.2) is 11.5 Å². The number of nitrogens with one attached hydrogen (secondary N) is 2. The molecule has 3 heterocycles. The molecular formula is C39H45N5O9S. The van der Waals surface area contributed by atoms with Crippen LogP contribution in [0.2, 0.25) is 0 Å². The monoisotopic (exact) mass is 759 g/mol. The number of pyridine rings is 1. The molecule has 1 saturated heterocycles. The van der Waals surface area contributed by atoms with Crippen molar-refractivity contribution in [1.82, 2.24) is 19.8 Å². The van der Waals surface area contributed by atoms with Crippen LogP contribution in [-0.2, 0) is 14.9 Å². The van der Waals surface area contributed by atoms with Crippen molar-refractivity contribution in [3.05, 3.63) is 108 Å². The number of anilines is 1. The molecule has 54 heavy (non-hydrogen) atoms. The summed E-state index contributed by atoms with van der Waals surface area (Å²) in [6.45, 7) is 5.35. The number of benzene rings is 3. The highest BCUT2D eigenvalue weighted by molar-refractivity contribution is 7.85. The number of fused-ring (bicyclic) bond motifs is 1. The van der Waals surface area contributed by atoms with Crippen molar-refractivity contribution in [1.29, 1.82) is 0 Å². The van der Waals surface area contributed by atoms with E-state index in [2.05, 4.69) is 20.5 Å². The molecule has 0 radical (unpaired) electrons. The second kappa shape index (κ2) is 18.6. The second-order valence-electron chi connectivity index (χ2n) is 12.6. The van der Waals surface area contributed by atoms with Crippen LogP contribution in [0.1, 0.15) is 40.2 Å². The summed E-state index contributed by atoms with van der Waals surface area (Å²) >= 11 is 0. The number of amides is 2. The maximum absolute atomic E-state index is 13.0. The highest BCUT2D eigenvalue weighted by atomic mass is 32.2. The Morgan fingerprint density at radius 1 is 0.944 bits per heavy atom. The topological polar surface area (TPSA) is 182 Å². The van der Waals surface area contributed by atoms with Gasteiger partial charge in [-0.3, -0.25) is 13.9 Å². The van der Waals surface area contributed by atoms with E-state index in [1.807, 2.05) is 37.3 Å². The normalized spacial score (nSPS) is 13.5. The van der Waals surface area contributed by atoms with E-state index in [-0.39, 0.29) is 23.4 Å². The minimum atomic E-state index is -4.02. The fourth-order valence-corrected chi connectivity index (χ4v) is 6.45. The maximum Gasteiger partial charge on any atom is 0.325 e. The first-order valence-corrected chi connectivity index (χ1v) is 18.8. The number of aliphatic hydroxyl groups is 1. The molecule has 0 unspecified atom stereocenters. The predicted octanol–water partition coefficient (Wildman–Crippen LogP) is 5.71. The molecular weight excluding hydrogens is 715 g/mol. The van der Waals surface area contributed by atoms with Gasteiger partial charge in [0.05, 0.1) is 23.6 Å². The van der Waals surface area contributed by atoms with Gasteiger partial charge in [0.1, 0.15) is 18.2 Å². The maximum atomic E-state index is 13.0. The minimum absolute atomic E-state index is 0.0666. The van der Waals surface area contributed by atoms with Gasteiger partial charge in [-0.15, -0.1) is 0 Å². The minimum Gasteiger partial charge on any atom is -0.487 e. The fraction of sp³-hybridized carbons (Fsp3) is 0.308. The molecule has 5 aromatic rings. The van der Waals surface area contributed by atoms with E-state index in [0.717, 1.165) is 43.4 Å². The molecule has 3 aromatic carbocycles. The summed E-state index contributed by atoms with van der Waals surface area (Å²) in [5.74, 6) is 1.86. The van der Waals surface area contributed by atoms with Crippen LogP contribution in [0.25, 0.3) is 10.9 Å². The lowest BCUT2D eigenvalue weighted by Gasteiger charge is -2.31. The highest BCUT2D eigenvalue weighted by Crippen LogP contribution is 2.37. The van der Waals surface area contributed by atoms with Gasteiger partial charge in [0.25, 0.3) is 16.0 Å². The molecule has 2 amide bonds. The number of hydrogen-bond donors (Lipinski definition) is 4. The van der Waals surface area contributed by atoms with Gasteiger partial charge in [-0.05, 0) is 86.8 Å². The smallest absolute Gasteiger partial charge is 0.325 e. The summed E-state index contributed by atoms with van der Waals surface area (Å²) < 4.78 is 48.3. The molecule has 1 aliphatic heterocycles. The summed E-state index contributed by atoms with van der Waals surface area (Å²) in [5.41, 5.74) is 3.38. The lowest BCUT2D eigenvalue weighted by Crippen LogP contribution is -2.34. The number of hydrogen-bond acceptors (Lipinski definition) is 10. The average Bonchev–Trinajstić information content (AvgIpc) is 3.58. The number of likely N-dealkylation sites (tertiary alicyclic amines) is 1. The van der Waals surface area contributed by atoms with Crippen molar-refractivity contribution in [2.45, 2.75) is 30.6 Å². The number of ether oxygens (including phenoxy) is 3. The molecule has 0 spiro atoms. The Morgan fingerprint density at radius 3 is 2.31 bits per heavy atom. The molecule has 0 saturated carbocycles. The zero-order valence-corrected chi connectivity index (χ0v) is 31.2. The number of carbonyl (C=O) groups excluding carboxylic acids is 2. The zero-order valence-electron chi connectivity index (χ0n) is 30.4.